The highest BCUT2D eigenvalue weighted by molar-refractivity contribution is 5.86. The van der Waals surface area contributed by atoms with Crippen LogP contribution in [0.3, 0.4) is 0 Å². The van der Waals surface area contributed by atoms with Gasteiger partial charge in [0.25, 0.3) is 0 Å². The number of allylic oxidation sites excluding steroid dienone is 1. The molecule has 2 aromatic carbocycles. The third-order valence-electron chi connectivity index (χ3n) is 2.94. The van der Waals surface area contributed by atoms with Gasteiger partial charge in [0.05, 0.1) is 0 Å². The maximum atomic E-state index is 4.20. The Morgan fingerprint density at radius 2 is 2.00 bits per heavy atom. The molecule has 2 rings (SSSR count). The second-order valence-electron chi connectivity index (χ2n) is 4.12. The lowest BCUT2D eigenvalue weighted by Gasteiger charge is -2.02. The van der Waals surface area contributed by atoms with E-state index in [0.29, 0.717) is 0 Å². The van der Waals surface area contributed by atoms with Crippen molar-refractivity contribution in [2.75, 3.05) is 7.05 Å². The molecule has 0 amide bonds. The minimum atomic E-state index is 1.10. The first-order valence-corrected chi connectivity index (χ1v) is 5.75. The Morgan fingerprint density at radius 1 is 1.18 bits per heavy atom. The number of benzene rings is 2. The molecule has 0 aromatic heterocycles. The summed E-state index contributed by atoms with van der Waals surface area (Å²) >= 11 is 0. The molecule has 0 bridgehead atoms. The topological polar surface area (TPSA) is 12.0 Å². The van der Waals surface area contributed by atoms with E-state index in [4.69, 9.17) is 0 Å². The van der Waals surface area contributed by atoms with E-state index < -0.39 is 0 Å². The van der Waals surface area contributed by atoms with Crippen molar-refractivity contribution in [2.24, 2.45) is 0 Å². The second kappa shape index (κ2) is 4.88. The Labute approximate surface area is 102 Å². The standard InChI is InChI=1S/C16H17N/c1-12-6-4-7-15-10-9-14(8-5-11-17-3)13(2)16(12)15/h4-11,17H,2H2,1,3H3/b11-5-,14-8-. The largest absolute Gasteiger partial charge is 0.394 e. The first kappa shape index (κ1) is 11.5. The third-order valence-corrected chi connectivity index (χ3v) is 2.94. The van der Waals surface area contributed by atoms with Crippen molar-refractivity contribution in [2.45, 2.75) is 6.92 Å². The number of hydrogen-bond acceptors (Lipinski definition) is 1. The number of nitrogens with one attached hydrogen (secondary N) is 1. The molecule has 0 aliphatic heterocycles. The Kier molecular flexibility index (Phi) is 3.29. The fraction of sp³-hybridized carbons (Fsp3) is 0.125. The highest BCUT2D eigenvalue weighted by atomic mass is 14.8. The summed E-state index contributed by atoms with van der Waals surface area (Å²) in [6.07, 6.45) is 5.97. The second-order valence-corrected chi connectivity index (χ2v) is 4.12. The monoisotopic (exact) mass is 223 g/mol. The molecule has 0 radical (unpaired) electrons. The van der Waals surface area contributed by atoms with Crippen LogP contribution in [0.25, 0.3) is 23.4 Å². The minimum Gasteiger partial charge on any atom is -0.394 e. The molecule has 0 heterocycles. The lowest BCUT2D eigenvalue weighted by Crippen LogP contribution is -2.23. The van der Waals surface area contributed by atoms with Gasteiger partial charge in [0.2, 0.25) is 0 Å². The van der Waals surface area contributed by atoms with Crippen LogP contribution in [0, 0.1) is 6.92 Å². The van der Waals surface area contributed by atoms with E-state index in [1.54, 1.807) is 0 Å². The molecule has 17 heavy (non-hydrogen) atoms. The van der Waals surface area contributed by atoms with Gasteiger partial charge >= 0.3 is 0 Å². The minimum absolute atomic E-state index is 1.10. The van der Waals surface area contributed by atoms with Crippen molar-refractivity contribution in [3.05, 3.63) is 58.6 Å². The summed E-state index contributed by atoms with van der Waals surface area (Å²) in [6, 6.07) is 10.6. The Balaban J connectivity index is 2.74. The van der Waals surface area contributed by atoms with Crippen molar-refractivity contribution >= 4 is 23.4 Å². The molecule has 0 atom stereocenters. The molecule has 1 heteroatoms. The van der Waals surface area contributed by atoms with Gasteiger partial charge in [0.1, 0.15) is 0 Å². The van der Waals surface area contributed by atoms with Gasteiger partial charge in [-0.3, -0.25) is 0 Å². The smallest absolute Gasteiger partial charge is 0.00277 e. The van der Waals surface area contributed by atoms with Crippen LogP contribution in [0.15, 0.2) is 42.6 Å². The molecule has 0 aliphatic carbocycles. The van der Waals surface area contributed by atoms with E-state index in [1.165, 1.54) is 21.6 Å². The number of rotatable bonds is 2. The van der Waals surface area contributed by atoms with E-state index in [0.717, 1.165) is 5.22 Å². The van der Waals surface area contributed by atoms with Gasteiger partial charge in [-0.05, 0) is 46.0 Å². The maximum absolute atomic E-state index is 4.20. The molecule has 1 N–H and O–H groups in total. The summed E-state index contributed by atoms with van der Waals surface area (Å²) in [7, 11) is 1.89. The zero-order valence-electron chi connectivity index (χ0n) is 10.3. The predicted octanol–water partition coefficient (Wildman–Crippen LogP) is 2.07. The van der Waals surface area contributed by atoms with Gasteiger partial charge in [0, 0.05) is 7.05 Å². The average molecular weight is 223 g/mol. The van der Waals surface area contributed by atoms with E-state index in [2.05, 4.69) is 55.2 Å². The lowest BCUT2D eigenvalue weighted by atomic mass is 10.0. The molecule has 0 spiro atoms. The molecule has 1 nitrogen and oxygen atoms in total. The van der Waals surface area contributed by atoms with E-state index in [-0.39, 0.29) is 0 Å². The van der Waals surface area contributed by atoms with Crippen LogP contribution in [-0.4, -0.2) is 7.05 Å². The fourth-order valence-corrected chi connectivity index (χ4v) is 2.07. The molecule has 86 valence electrons. The van der Waals surface area contributed by atoms with Crippen LogP contribution in [0.5, 0.6) is 0 Å². The zero-order chi connectivity index (χ0) is 12.3. The van der Waals surface area contributed by atoms with Crippen molar-refractivity contribution in [1.29, 1.82) is 0 Å². The molecular weight excluding hydrogens is 206 g/mol. The van der Waals surface area contributed by atoms with Gasteiger partial charge in [-0.1, -0.05) is 43.0 Å². The normalized spacial score (nSPS) is 12.5. The van der Waals surface area contributed by atoms with Gasteiger partial charge in [-0.2, -0.15) is 0 Å². The van der Waals surface area contributed by atoms with Crippen molar-refractivity contribution in [3.8, 4) is 0 Å². The summed E-state index contributed by atoms with van der Waals surface area (Å²) < 4.78 is 0. The van der Waals surface area contributed by atoms with Crippen molar-refractivity contribution in [1.82, 2.24) is 5.32 Å². The molecule has 0 saturated heterocycles. The van der Waals surface area contributed by atoms with Crippen molar-refractivity contribution < 1.29 is 0 Å². The molecule has 0 saturated carbocycles. The zero-order valence-corrected chi connectivity index (χ0v) is 10.3. The van der Waals surface area contributed by atoms with Crippen LogP contribution in [0.1, 0.15) is 5.56 Å². The lowest BCUT2D eigenvalue weighted by molar-refractivity contribution is 1.10. The van der Waals surface area contributed by atoms with Crippen LogP contribution in [0.4, 0.5) is 0 Å². The Morgan fingerprint density at radius 3 is 2.76 bits per heavy atom. The summed E-state index contributed by atoms with van der Waals surface area (Å²) in [5, 5.41) is 7.75. The van der Waals surface area contributed by atoms with Gasteiger partial charge in [-0.25, -0.2) is 0 Å². The molecule has 0 fully saturated rings. The summed E-state index contributed by atoms with van der Waals surface area (Å²) in [4.78, 5) is 0. The van der Waals surface area contributed by atoms with Gasteiger partial charge < -0.3 is 5.32 Å². The van der Waals surface area contributed by atoms with E-state index in [1.807, 2.05) is 19.3 Å². The fourth-order valence-electron chi connectivity index (χ4n) is 2.07. The summed E-state index contributed by atoms with van der Waals surface area (Å²) in [5.74, 6) is 0. The van der Waals surface area contributed by atoms with Crippen molar-refractivity contribution in [3.63, 3.8) is 0 Å². The highest BCUT2D eigenvalue weighted by Crippen LogP contribution is 2.11. The average Bonchev–Trinajstić information content (AvgIpc) is 2.32. The number of hydrogen-bond donors (Lipinski definition) is 1. The third kappa shape index (κ3) is 2.23. The summed E-state index contributed by atoms with van der Waals surface area (Å²) in [6.45, 7) is 6.33. The van der Waals surface area contributed by atoms with Gasteiger partial charge in [-0.15, -0.1) is 0 Å². The molecule has 2 aromatic rings. The quantitative estimate of drug-likeness (QED) is 0.822. The predicted molar refractivity (Wildman–Crippen MR) is 76.1 cm³/mol. The molecular formula is C16H17N. The van der Waals surface area contributed by atoms with Crippen LogP contribution < -0.4 is 15.8 Å². The first-order valence-electron chi connectivity index (χ1n) is 5.75. The highest BCUT2D eigenvalue weighted by Gasteiger charge is 1.97. The summed E-state index contributed by atoms with van der Waals surface area (Å²) in [5.41, 5.74) is 1.28. The van der Waals surface area contributed by atoms with E-state index in [9.17, 15) is 0 Å². The van der Waals surface area contributed by atoms with Crippen LogP contribution in [0.2, 0.25) is 0 Å². The van der Waals surface area contributed by atoms with E-state index >= 15 is 0 Å². The van der Waals surface area contributed by atoms with Gasteiger partial charge in [0.15, 0.2) is 0 Å². The SMILES string of the molecule is C=c1/c(=C\C=C/NC)ccc2cccc(C)c12. The van der Waals surface area contributed by atoms with Crippen LogP contribution >= 0.6 is 0 Å². The molecule has 0 unspecified atom stereocenters. The Hall–Kier alpha value is -2.02. The number of fused-ring (bicyclic) bond motifs is 1. The first-order chi connectivity index (χ1) is 8.24. The van der Waals surface area contributed by atoms with Crippen LogP contribution in [-0.2, 0) is 0 Å². The maximum Gasteiger partial charge on any atom is 0.00277 e. The number of aryl methyl sites for hydroxylation is 1. The Bertz CT molecular complexity index is 666. The molecule has 0 aliphatic rings.